The van der Waals surface area contributed by atoms with E-state index in [1.54, 1.807) is 0 Å². The third-order valence-electron chi connectivity index (χ3n) is 6.78. The Hall–Kier alpha value is -3.56. The van der Waals surface area contributed by atoms with E-state index < -0.39 is 0 Å². The van der Waals surface area contributed by atoms with Gasteiger partial charge in [-0.2, -0.15) is 0 Å². The molecule has 0 unspecified atom stereocenters. The van der Waals surface area contributed by atoms with Gasteiger partial charge < -0.3 is 8.82 Å². The van der Waals surface area contributed by atoms with Crippen LogP contribution in [0.1, 0.15) is 0 Å². The molecule has 0 aliphatic heterocycles. The van der Waals surface area contributed by atoms with Crippen LogP contribution in [0.5, 0.6) is 0 Å². The highest BCUT2D eigenvalue weighted by molar-refractivity contribution is 9.10. The van der Waals surface area contributed by atoms with Gasteiger partial charge in [-0.1, -0.05) is 64.5 Å². The molecule has 0 radical (unpaired) electrons. The molecule has 3 heterocycles. The van der Waals surface area contributed by atoms with Crippen LogP contribution < -0.4 is 0 Å². The van der Waals surface area contributed by atoms with Crippen LogP contribution in [0.2, 0.25) is 0 Å². The fraction of sp³-hybridized carbons (Fsp3) is 0. The number of nitrogens with zero attached hydrogens (tertiary/aromatic N) is 1. The van der Waals surface area contributed by atoms with Crippen molar-refractivity contribution in [1.82, 2.24) is 4.40 Å². The van der Waals surface area contributed by atoms with Crippen molar-refractivity contribution in [2.45, 2.75) is 0 Å². The molecule has 8 aromatic rings. The van der Waals surface area contributed by atoms with Gasteiger partial charge in [0, 0.05) is 47.6 Å². The van der Waals surface area contributed by atoms with Crippen LogP contribution in [0, 0.1) is 0 Å². The summed E-state index contributed by atoms with van der Waals surface area (Å²) in [4.78, 5) is 0. The molecule has 0 bridgehead atoms. The average molecular weight is 460 g/mol. The van der Waals surface area contributed by atoms with Crippen LogP contribution in [0.15, 0.2) is 93.8 Å². The first-order chi connectivity index (χ1) is 15.3. The summed E-state index contributed by atoms with van der Waals surface area (Å²) in [5, 5.41) is 9.88. The molecule has 0 aliphatic rings. The minimum absolute atomic E-state index is 0.920. The lowest BCUT2D eigenvalue weighted by atomic mass is 10.0. The number of hydrogen-bond acceptors (Lipinski definition) is 1. The molecule has 3 aromatic heterocycles. The average Bonchev–Trinajstić information content (AvgIpc) is 3.45. The van der Waals surface area contributed by atoms with Crippen molar-refractivity contribution in [2.75, 3.05) is 0 Å². The quantitative estimate of drug-likeness (QED) is 0.221. The van der Waals surface area contributed by atoms with E-state index in [2.05, 4.69) is 93.1 Å². The molecule has 0 saturated carbocycles. The molecule has 31 heavy (non-hydrogen) atoms. The first-order valence-corrected chi connectivity index (χ1v) is 11.2. The Labute approximate surface area is 184 Å². The lowest BCUT2D eigenvalue weighted by Crippen LogP contribution is -1.83. The molecular weight excluding hydrogens is 446 g/mol. The fourth-order valence-electron chi connectivity index (χ4n) is 5.52. The molecule has 144 valence electrons. The highest BCUT2D eigenvalue weighted by Crippen LogP contribution is 2.43. The first kappa shape index (κ1) is 16.2. The van der Waals surface area contributed by atoms with E-state index in [9.17, 15) is 0 Å². The molecule has 5 aromatic carbocycles. The standard InChI is InChI=1S/C28H14BrNO/c29-15-8-13-25-23(14-15)22-12-10-20-21(28(22)31-25)11-9-19-18-6-3-5-17-16-4-1-2-7-24(16)30(26(17)18)27(19)20/h1-14H. The minimum Gasteiger partial charge on any atom is -0.455 e. The Morgan fingerprint density at radius 1 is 0.548 bits per heavy atom. The van der Waals surface area contributed by atoms with Crippen LogP contribution in [0.25, 0.3) is 70.8 Å². The Morgan fingerprint density at radius 2 is 1.16 bits per heavy atom. The number of rotatable bonds is 0. The zero-order valence-electron chi connectivity index (χ0n) is 16.3. The van der Waals surface area contributed by atoms with Crippen LogP contribution in [-0.4, -0.2) is 4.40 Å². The number of para-hydroxylation sites is 2. The summed E-state index contributed by atoms with van der Waals surface area (Å²) in [6.07, 6.45) is 0. The van der Waals surface area contributed by atoms with Crippen molar-refractivity contribution < 1.29 is 4.42 Å². The number of halogens is 1. The first-order valence-electron chi connectivity index (χ1n) is 10.4. The van der Waals surface area contributed by atoms with Crippen molar-refractivity contribution in [1.29, 1.82) is 0 Å². The Balaban J connectivity index is 1.68. The summed E-state index contributed by atoms with van der Waals surface area (Å²) in [7, 11) is 0. The molecule has 0 fully saturated rings. The van der Waals surface area contributed by atoms with E-state index in [0.717, 1.165) is 31.8 Å². The highest BCUT2D eigenvalue weighted by Gasteiger charge is 2.20. The summed E-state index contributed by atoms with van der Waals surface area (Å²) in [6.45, 7) is 0. The molecule has 8 rings (SSSR count). The molecule has 0 saturated heterocycles. The third kappa shape index (κ3) is 1.85. The lowest BCUT2D eigenvalue weighted by Gasteiger charge is -2.04. The second-order valence-electron chi connectivity index (χ2n) is 8.30. The molecule has 3 heteroatoms. The number of benzene rings is 5. The van der Waals surface area contributed by atoms with Gasteiger partial charge in [-0.25, -0.2) is 0 Å². The van der Waals surface area contributed by atoms with E-state index in [0.29, 0.717) is 0 Å². The minimum atomic E-state index is 0.920. The maximum absolute atomic E-state index is 6.37. The van der Waals surface area contributed by atoms with E-state index in [4.69, 9.17) is 4.42 Å². The maximum atomic E-state index is 6.37. The molecule has 0 spiro atoms. The van der Waals surface area contributed by atoms with Crippen LogP contribution in [-0.2, 0) is 0 Å². The normalized spacial score (nSPS) is 12.7. The van der Waals surface area contributed by atoms with Gasteiger partial charge in [-0.3, -0.25) is 0 Å². The smallest absolute Gasteiger partial charge is 0.143 e. The van der Waals surface area contributed by atoms with Crippen molar-refractivity contribution >= 4 is 86.7 Å². The Kier molecular flexibility index (Phi) is 2.80. The Bertz CT molecular complexity index is 2010. The summed E-state index contributed by atoms with van der Waals surface area (Å²) in [6, 6.07) is 30.5. The summed E-state index contributed by atoms with van der Waals surface area (Å²) in [5.41, 5.74) is 5.69. The van der Waals surface area contributed by atoms with Gasteiger partial charge in [-0.15, -0.1) is 0 Å². The zero-order chi connectivity index (χ0) is 20.3. The third-order valence-corrected chi connectivity index (χ3v) is 7.27. The molecular formula is C28H14BrNO. The lowest BCUT2D eigenvalue weighted by molar-refractivity contribution is 0.672. The topological polar surface area (TPSA) is 17.6 Å². The monoisotopic (exact) mass is 459 g/mol. The van der Waals surface area contributed by atoms with Crippen molar-refractivity contribution in [2.24, 2.45) is 0 Å². The largest absolute Gasteiger partial charge is 0.455 e. The number of aromatic nitrogens is 1. The van der Waals surface area contributed by atoms with Gasteiger partial charge >= 0.3 is 0 Å². The van der Waals surface area contributed by atoms with Crippen LogP contribution in [0.3, 0.4) is 0 Å². The molecule has 0 atom stereocenters. The molecule has 0 aliphatic carbocycles. The van der Waals surface area contributed by atoms with Gasteiger partial charge in [0.1, 0.15) is 11.2 Å². The second-order valence-corrected chi connectivity index (χ2v) is 9.21. The molecule has 2 nitrogen and oxygen atoms in total. The maximum Gasteiger partial charge on any atom is 0.143 e. The summed E-state index contributed by atoms with van der Waals surface area (Å²) >= 11 is 3.60. The van der Waals surface area contributed by atoms with E-state index in [1.165, 1.54) is 43.5 Å². The van der Waals surface area contributed by atoms with Gasteiger partial charge in [0.05, 0.1) is 16.6 Å². The van der Waals surface area contributed by atoms with Crippen LogP contribution in [0.4, 0.5) is 0 Å². The van der Waals surface area contributed by atoms with E-state index >= 15 is 0 Å². The van der Waals surface area contributed by atoms with Gasteiger partial charge in [0.25, 0.3) is 0 Å². The zero-order valence-corrected chi connectivity index (χ0v) is 17.9. The summed E-state index contributed by atoms with van der Waals surface area (Å²) < 4.78 is 9.88. The highest BCUT2D eigenvalue weighted by atomic mass is 79.9. The van der Waals surface area contributed by atoms with Gasteiger partial charge in [0.15, 0.2) is 0 Å². The van der Waals surface area contributed by atoms with E-state index in [1.807, 2.05) is 12.1 Å². The predicted octanol–water partition coefficient (Wildman–Crippen LogP) is 8.65. The molecule has 0 amide bonds. The Morgan fingerprint density at radius 3 is 2.00 bits per heavy atom. The fourth-order valence-corrected chi connectivity index (χ4v) is 5.88. The molecule has 0 N–H and O–H groups in total. The second kappa shape index (κ2) is 5.37. The number of fused-ring (bicyclic) bond motifs is 12. The summed E-state index contributed by atoms with van der Waals surface area (Å²) in [5.74, 6) is 0. The van der Waals surface area contributed by atoms with Crippen molar-refractivity contribution in [3.05, 3.63) is 89.4 Å². The van der Waals surface area contributed by atoms with Crippen molar-refractivity contribution in [3.63, 3.8) is 0 Å². The number of hydrogen-bond donors (Lipinski definition) is 0. The van der Waals surface area contributed by atoms with Crippen molar-refractivity contribution in [3.8, 4) is 0 Å². The van der Waals surface area contributed by atoms with Gasteiger partial charge in [-0.05, 0) is 36.4 Å². The number of furan rings is 1. The SMILES string of the molecule is Brc1ccc2oc3c(ccc4c3ccc3c5cccc6c7ccccc7n(c43)c65)c2c1. The van der Waals surface area contributed by atoms with E-state index in [-0.39, 0.29) is 0 Å². The van der Waals surface area contributed by atoms with Crippen LogP contribution >= 0.6 is 15.9 Å². The predicted molar refractivity (Wildman–Crippen MR) is 134 cm³/mol. The van der Waals surface area contributed by atoms with Gasteiger partial charge in [0.2, 0.25) is 0 Å².